The molecule has 9 heteroatoms. The molecule has 0 atom stereocenters. The number of thioether (sulfide) groups is 1. The Morgan fingerprint density at radius 3 is 2.52 bits per heavy atom. The first-order valence-electron chi connectivity index (χ1n) is 10.0. The van der Waals surface area contributed by atoms with E-state index < -0.39 is 5.91 Å². The van der Waals surface area contributed by atoms with Gasteiger partial charge in [0.15, 0.2) is 5.84 Å². The van der Waals surface area contributed by atoms with Crippen molar-refractivity contribution in [2.45, 2.75) is 13.8 Å². The summed E-state index contributed by atoms with van der Waals surface area (Å²) < 4.78 is 29.4. The van der Waals surface area contributed by atoms with Crippen LogP contribution in [0.4, 0.5) is 8.78 Å². The van der Waals surface area contributed by atoms with Gasteiger partial charge in [-0.2, -0.15) is 15.1 Å². The normalized spacial score (nSPS) is 16.8. The Morgan fingerprint density at radius 1 is 1.06 bits per heavy atom. The predicted molar refractivity (Wildman–Crippen MR) is 126 cm³/mol. The standard InChI is InChI=1S/C24H17F2N5OS/c1-13-11-16(14(2)30(13)20-6-4-3-5-19(20)26)12-18-21(27)31-24(28-22(18)32)33-23(29-31)15-7-9-17(25)10-8-15/h3-12,27H,1-2H3. The molecule has 0 aliphatic carbocycles. The van der Waals surface area contributed by atoms with Crippen LogP contribution < -0.4 is 0 Å². The highest BCUT2D eigenvalue weighted by Crippen LogP contribution is 2.32. The van der Waals surface area contributed by atoms with Crippen LogP contribution in [0.25, 0.3) is 11.8 Å². The third-order valence-electron chi connectivity index (χ3n) is 5.41. The van der Waals surface area contributed by atoms with E-state index in [1.54, 1.807) is 41.0 Å². The number of hydrogen-bond donors (Lipinski definition) is 1. The fourth-order valence-electron chi connectivity index (χ4n) is 3.79. The number of para-hydroxylation sites is 1. The summed E-state index contributed by atoms with van der Waals surface area (Å²) in [6.07, 6.45) is 1.58. The molecule has 0 radical (unpaired) electrons. The maximum atomic E-state index is 14.4. The minimum Gasteiger partial charge on any atom is -0.315 e. The second kappa shape index (κ2) is 7.93. The van der Waals surface area contributed by atoms with Gasteiger partial charge in [-0.25, -0.2) is 8.78 Å². The maximum Gasteiger partial charge on any atom is 0.283 e. The third-order valence-corrected chi connectivity index (χ3v) is 6.37. The monoisotopic (exact) mass is 461 g/mol. The highest BCUT2D eigenvalue weighted by atomic mass is 32.2. The van der Waals surface area contributed by atoms with Crippen LogP contribution in [0.2, 0.25) is 0 Å². The fourth-order valence-corrected chi connectivity index (χ4v) is 4.69. The second-order valence-electron chi connectivity index (χ2n) is 7.55. The van der Waals surface area contributed by atoms with Crippen molar-refractivity contribution in [1.82, 2.24) is 9.58 Å². The Bertz CT molecular complexity index is 1420. The predicted octanol–water partition coefficient (Wildman–Crippen LogP) is 5.04. The number of nitrogens with zero attached hydrogens (tertiary/aromatic N) is 4. The number of hydrazone groups is 1. The van der Waals surface area contributed by atoms with Crippen LogP contribution in [0.15, 0.2) is 70.3 Å². The summed E-state index contributed by atoms with van der Waals surface area (Å²) >= 11 is 1.15. The first-order chi connectivity index (χ1) is 15.8. The van der Waals surface area contributed by atoms with Gasteiger partial charge in [-0.1, -0.05) is 12.1 Å². The molecule has 1 aromatic heterocycles. The average molecular weight is 461 g/mol. The SMILES string of the molecule is Cc1cc(C=C2C(=N)N3N=C(c4ccc(F)cc4)SC3=NC2=O)c(C)n1-c1ccccc1F. The van der Waals surface area contributed by atoms with Crippen molar-refractivity contribution in [3.8, 4) is 5.69 Å². The van der Waals surface area contributed by atoms with Gasteiger partial charge in [0.05, 0.1) is 11.3 Å². The van der Waals surface area contributed by atoms with Crippen molar-refractivity contribution in [3.63, 3.8) is 0 Å². The highest BCUT2D eigenvalue weighted by molar-refractivity contribution is 8.27. The molecule has 0 fully saturated rings. The van der Waals surface area contributed by atoms with E-state index in [9.17, 15) is 13.6 Å². The average Bonchev–Trinajstić information content (AvgIpc) is 3.33. The minimum absolute atomic E-state index is 0.0808. The zero-order chi connectivity index (χ0) is 23.3. The molecular formula is C24H17F2N5OS. The molecule has 1 amide bonds. The lowest BCUT2D eigenvalue weighted by Gasteiger charge is -2.20. The van der Waals surface area contributed by atoms with Crippen molar-refractivity contribution in [2.75, 3.05) is 0 Å². The first-order valence-corrected chi connectivity index (χ1v) is 10.8. The lowest BCUT2D eigenvalue weighted by Crippen LogP contribution is -2.35. The molecule has 3 heterocycles. The first kappa shape index (κ1) is 21.0. The molecule has 0 saturated heterocycles. The largest absolute Gasteiger partial charge is 0.315 e. The molecule has 33 heavy (non-hydrogen) atoms. The molecule has 0 spiro atoms. The summed E-state index contributed by atoms with van der Waals surface area (Å²) in [5.41, 5.74) is 3.35. The Kier molecular flexibility index (Phi) is 5.05. The summed E-state index contributed by atoms with van der Waals surface area (Å²) in [5, 5.41) is 15.1. The molecule has 0 bridgehead atoms. The van der Waals surface area contributed by atoms with E-state index in [1.165, 1.54) is 23.2 Å². The Labute approximate surface area is 192 Å². The van der Waals surface area contributed by atoms with Gasteiger partial charge in [-0.15, -0.1) is 0 Å². The maximum absolute atomic E-state index is 14.4. The van der Waals surface area contributed by atoms with Crippen LogP contribution in [0.3, 0.4) is 0 Å². The Balaban J connectivity index is 1.52. The fraction of sp³-hybridized carbons (Fsp3) is 0.0833. The van der Waals surface area contributed by atoms with E-state index in [0.717, 1.165) is 23.1 Å². The summed E-state index contributed by atoms with van der Waals surface area (Å²) in [5.74, 6) is -1.38. The number of halogens is 2. The second-order valence-corrected chi connectivity index (χ2v) is 8.50. The van der Waals surface area contributed by atoms with Crippen molar-refractivity contribution >= 4 is 39.8 Å². The van der Waals surface area contributed by atoms with Crippen LogP contribution in [-0.4, -0.2) is 31.5 Å². The lowest BCUT2D eigenvalue weighted by molar-refractivity contribution is -0.114. The lowest BCUT2D eigenvalue weighted by atomic mass is 10.1. The van der Waals surface area contributed by atoms with E-state index >= 15 is 0 Å². The van der Waals surface area contributed by atoms with Crippen LogP contribution in [0.1, 0.15) is 22.5 Å². The number of aromatic nitrogens is 1. The van der Waals surface area contributed by atoms with E-state index in [2.05, 4.69) is 10.1 Å². The van der Waals surface area contributed by atoms with Crippen LogP contribution >= 0.6 is 11.8 Å². The molecule has 2 aliphatic heterocycles. The van der Waals surface area contributed by atoms with Gasteiger partial charge in [-0.05, 0) is 79.7 Å². The zero-order valence-corrected chi connectivity index (χ0v) is 18.5. The molecule has 5 rings (SSSR count). The molecule has 0 saturated carbocycles. The number of aliphatic imine (C=N–C) groups is 1. The number of fused-ring (bicyclic) bond motifs is 1. The molecule has 6 nitrogen and oxygen atoms in total. The Hall–Kier alpha value is -3.85. The summed E-state index contributed by atoms with van der Waals surface area (Å²) in [6.45, 7) is 3.68. The molecule has 0 unspecified atom stereocenters. The number of carbonyl (C=O) groups is 1. The minimum atomic E-state index is -0.551. The summed E-state index contributed by atoms with van der Waals surface area (Å²) in [6, 6.07) is 14.1. The van der Waals surface area contributed by atoms with Gasteiger partial charge in [0.2, 0.25) is 5.17 Å². The van der Waals surface area contributed by atoms with E-state index in [1.807, 2.05) is 19.9 Å². The van der Waals surface area contributed by atoms with E-state index in [-0.39, 0.29) is 28.2 Å². The summed E-state index contributed by atoms with van der Waals surface area (Å²) in [7, 11) is 0. The molecule has 2 aromatic carbocycles. The zero-order valence-electron chi connectivity index (χ0n) is 17.6. The summed E-state index contributed by atoms with van der Waals surface area (Å²) in [4.78, 5) is 16.9. The van der Waals surface area contributed by atoms with Gasteiger partial charge in [0.1, 0.15) is 16.7 Å². The Morgan fingerprint density at radius 2 is 1.79 bits per heavy atom. The quantitative estimate of drug-likeness (QED) is 0.556. The van der Waals surface area contributed by atoms with Crippen LogP contribution in [0, 0.1) is 30.9 Å². The number of hydrogen-bond acceptors (Lipinski definition) is 4. The number of benzene rings is 2. The topological polar surface area (TPSA) is 73.8 Å². The van der Waals surface area contributed by atoms with Crippen molar-refractivity contribution in [3.05, 3.63) is 94.3 Å². The van der Waals surface area contributed by atoms with E-state index in [0.29, 0.717) is 21.9 Å². The van der Waals surface area contributed by atoms with E-state index in [4.69, 9.17) is 5.41 Å². The molecular weight excluding hydrogens is 444 g/mol. The van der Waals surface area contributed by atoms with Crippen molar-refractivity contribution in [2.24, 2.45) is 10.1 Å². The van der Waals surface area contributed by atoms with Gasteiger partial charge >= 0.3 is 0 Å². The number of amidine groups is 2. The van der Waals surface area contributed by atoms with Gasteiger partial charge in [0.25, 0.3) is 5.91 Å². The number of carbonyl (C=O) groups excluding carboxylic acids is 1. The smallest absolute Gasteiger partial charge is 0.283 e. The van der Waals surface area contributed by atoms with Crippen molar-refractivity contribution < 1.29 is 13.6 Å². The van der Waals surface area contributed by atoms with Gasteiger partial charge in [-0.3, -0.25) is 10.2 Å². The number of rotatable bonds is 3. The van der Waals surface area contributed by atoms with Crippen molar-refractivity contribution in [1.29, 1.82) is 5.41 Å². The molecule has 1 N–H and O–H groups in total. The highest BCUT2D eigenvalue weighted by Gasteiger charge is 2.36. The van der Waals surface area contributed by atoms with Gasteiger partial charge < -0.3 is 4.57 Å². The number of aryl methyl sites for hydroxylation is 1. The molecule has 3 aromatic rings. The van der Waals surface area contributed by atoms with Crippen LogP contribution in [-0.2, 0) is 4.79 Å². The third kappa shape index (κ3) is 3.60. The molecule has 2 aliphatic rings. The molecule has 164 valence electrons. The van der Waals surface area contributed by atoms with Crippen LogP contribution in [0.5, 0.6) is 0 Å². The number of amides is 1. The van der Waals surface area contributed by atoms with Gasteiger partial charge in [0, 0.05) is 17.0 Å². The number of nitrogens with one attached hydrogen (secondary N) is 1.